The molecular weight excluding hydrogens is 380 g/mol. The molecule has 1 aromatic carbocycles. The third-order valence-corrected chi connectivity index (χ3v) is 5.42. The van der Waals surface area contributed by atoms with Gasteiger partial charge in [-0.2, -0.15) is 0 Å². The summed E-state index contributed by atoms with van der Waals surface area (Å²) in [6.07, 6.45) is 3.19. The molecule has 1 saturated heterocycles. The Morgan fingerprint density at radius 3 is 2.62 bits per heavy atom. The molecule has 0 aliphatic carbocycles. The van der Waals surface area contributed by atoms with Crippen molar-refractivity contribution in [1.29, 1.82) is 0 Å². The van der Waals surface area contributed by atoms with Gasteiger partial charge >= 0.3 is 5.69 Å². The topological polar surface area (TPSA) is 140 Å². The smallest absolute Gasteiger partial charge is 0.302 e. The lowest BCUT2D eigenvalue weighted by molar-refractivity contribution is -0.393. The molecule has 1 aromatic heterocycles. The molecule has 0 spiro atoms. The van der Waals surface area contributed by atoms with Crippen LogP contribution in [0.3, 0.4) is 0 Å². The van der Waals surface area contributed by atoms with Gasteiger partial charge in [0.05, 0.1) is 16.5 Å². The van der Waals surface area contributed by atoms with Crippen LogP contribution in [-0.2, 0) is 6.61 Å². The predicted octanol–water partition coefficient (Wildman–Crippen LogP) is 2.86. The number of aliphatic hydroxyl groups excluding tert-OH is 1. The average molecular weight is 404 g/mol. The number of hydrogen-bond donors (Lipinski definition) is 1. The summed E-state index contributed by atoms with van der Waals surface area (Å²) >= 11 is 0. The first kappa shape index (κ1) is 20.6. The van der Waals surface area contributed by atoms with Gasteiger partial charge < -0.3 is 14.6 Å². The van der Waals surface area contributed by atoms with Crippen LogP contribution in [0, 0.1) is 27.2 Å². The van der Waals surface area contributed by atoms with Gasteiger partial charge in [0, 0.05) is 36.7 Å². The summed E-state index contributed by atoms with van der Waals surface area (Å²) in [5.41, 5.74) is -0.271. The SMILES string of the molecule is Cc1c(CO)cc([N+](=O)[O-])c(N2CCCC(c3nncn3C(C)C)C2)c1[N+](=O)[O-]. The maximum absolute atomic E-state index is 11.8. The summed E-state index contributed by atoms with van der Waals surface area (Å²) in [5.74, 6) is 0.726. The van der Waals surface area contributed by atoms with Crippen molar-refractivity contribution in [3.63, 3.8) is 0 Å². The van der Waals surface area contributed by atoms with Crippen LogP contribution in [0.1, 0.15) is 55.6 Å². The van der Waals surface area contributed by atoms with E-state index in [0.717, 1.165) is 12.2 Å². The van der Waals surface area contributed by atoms with E-state index >= 15 is 0 Å². The second kappa shape index (κ2) is 8.11. The second-order valence-corrected chi connectivity index (χ2v) is 7.52. The Morgan fingerprint density at radius 1 is 1.31 bits per heavy atom. The maximum atomic E-state index is 11.8. The Hall–Kier alpha value is -3.08. The number of rotatable bonds is 6. The Morgan fingerprint density at radius 2 is 2.03 bits per heavy atom. The van der Waals surface area contributed by atoms with E-state index in [0.29, 0.717) is 19.5 Å². The molecule has 1 N–H and O–H groups in total. The average Bonchev–Trinajstić information content (AvgIpc) is 3.17. The van der Waals surface area contributed by atoms with Gasteiger partial charge in [-0.15, -0.1) is 10.2 Å². The summed E-state index contributed by atoms with van der Waals surface area (Å²) in [6.45, 7) is 5.86. The molecule has 2 aromatic rings. The van der Waals surface area contributed by atoms with Crippen molar-refractivity contribution in [2.24, 2.45) is 0 Å². The number of benzene rings is 1. The van der Waals surface area contributed by atoms with Crippen molar-refractivity contribution in [2.75, 3.05) is 18.0 Å². The van der Waals surface area contributed by atoms with E-state index in [1.54, 1.807) is 11.2 Å². The van der Waals surface area contributed by atoms with E-state index in [1.165, 1.54) is 13.0 Å². The molecule has 1 atom stereocenters. The number of aliphatic hydroxyl groups is 1. The molecule has 156 valence electrons. The number of piperidine rings is 1. The van der Waals surface area contributed by atoms with Crippen LogP contribution in [0.4, 0.5) is 17.1 Å². The van der Waals surface area contributed by atoms with E-state index < -0.39 is 16.5 Å². The van der Waals surface area contributed by atoms with E-state index in [-0.39, 0.29) is 40.1 Å². The summed E-state index contributed by atoms with van der Waals surface area (Å²) in [5, 5.41) is 41.3. The number of anilines is 1. The van der Waals surface area contributed by atoms with Crippen LogP contribution in [-0.4, -0.2) is 42.8 Å². The van der Waals surface area contributed by atoms with E-state index in [9.17, 15) is 25.3 Å². The molecule has 1 aliphatic heterocycles. The highest BCUT2D eigenvalue weighted by Gasteiger charge is 2.37. The van der Waals surface area contributed by atoms with Crippen LogP contribution in [0.15, 0.2) is 12.4 Å². The molecule has 2 heterocycles. The quantitative estimate of drug-likeness (QED) is 0.572. The molecule has 0 radical (unpaired) electrons. The van der Waals surface area contributed by atoms with Gasteiger partial charge in [0.15, 0.2) is 5.69 Å². The number of nitro benzene ring substituents is 2. The zero-order chi connectivity index (χ0) is 21.3. The molecule has 1 fully saturated rings. The fourth-order valence-electron chi connectivity index (χ4n) is 3.96. The number of aromatic nitrogens is 3. The van der Waals surface area contributed by atoms with E-state index in [1.807, 2.05) is 18.4 Å². The molecular formula is C18H24N6O5. The van der Waals surface area contributed by atoms with Crippen LogP contribution < -0.4 is 4.90 Å². The van der Waals surface area contributed by atoms with Gasteiger partial charge in [0.25, 0.3) is 5.69 Å². The lowest BCUT2D eigenvalue weighted by Crippen LogP contribution is -2.36. The van der Waals surface area contributed by atoms with Crippen LogP contribution >= 0.6 is 0 Å². The fourth-order valence-corrected chi connectivity index (χ4v) is 3.96. The molecule has 29 heavy (non-hydrogen) atoms. The normalized spacial score (nSPS) is 17.0. The highest BCUT2D eigenvalue weighted by molar-refractivity contribution is 5.79. The van der Waals surface area contributed by atoms with Crippen molar-refractivity contribution in [2.45, 2.75) is 52.2 Å². The van der Waals surface area contributed by atoms with Gasteiger partial charge in [-0.25, -0.2) is 0 Å². The number of hydrogen-bond acceptors (Lipinski definition) is 8. The van der Waals surface area contributed by atoms with Crippen molar-refractivity contribution < 1.29 is 15.0 Å². The monoisotopic (exact) mass is 404 g/mol. The second-order valence-electron chi connectivity index (χ2n) is 7.52. The third kappa shape index (κ3) is 3.77. The Bertz CT molecular complexity index is 941. The maximum Gasteiger partial charge on any atom is 0.302 e. The van der Waals surface area contributed by atoms with E-state index in [2.05, 4.69) is 10.2 Å². The molecule has 0 bridgehead atoms. The van der Waals surface area contributed by atoms with Gasteiger partial charge in [-0.1, -0.05) is 0 Å². The molecule has 1 aliphatic rings. The Kier molecular flexibility index (Phi) is 5.78. The number of nitro groups is 2. The van der Waals surface area contributed by atoms with Crippen molar-refractivity contribution in [3.8, 4) is 0 Å². The first-order chi connectivity index (χ1) is 13.8. The summed E-state index contributed by atoms with van der Waals surface area (Å²) < 4.78 is 1.96. The predicted molar refractivity (Wildman–Crippen MR) is 105 cm³/mol. The van der Waals surface area contributed by atoms with Gasteiger partial charge in [0.2, 0.25) is 0 Å². The van der Waals surface area contributed by atoms with Crippen LogP contribution in [0.25, 0.3) is 0 Å². The van der Waals surface area contributed by atoms with Crippen LogP contribution in [0.2, 0.25) is 0 Å². The minimum atomic E-state index is -0.624. The van der Waals surface area contributed by atoms with Gasteiger partial charge in [-0.3, -0.25) is 20.2 Å². The Balaban J connectivity index is 2.09. The third-order valence-electron chi connectivity index (χ3n) is 5.42. The summed E-state index contributed by atoms with van der Waals surface area (Å²) in [6, 6.07) is 1.39. The highest BCUT2D eigenvalue weighted by Crippen LogP contribution is 2.44. The van der Waals surface area contributed by atoms with E-state index in [4.69, 9.17) is 0 Å². The molecule has 1 unspecified atom stereocenters. The van der Waals surface area contributed by atoms with Crippen molar-refractivity contribution in [1.82, 2.24) is 14.8 Å². The van der Waals surface area contributed by atoms with Crippen LogP contribution in [0.5, 0.6) is 0 Å². The molecule has 0 saturated carbocycles. The number of nitrogens with zero attached hydrogens (tertiary/aromatic N) is 6. The molecule has 11 heteroatoms. The Labute approximate surface area is 167 Å². The first-order valence-electron chi connectivity index (χ1n) is 9.46. The minimum Gasteiger partial charge on any atom is -0.392 e. The fraction of sp³-hybridized carbons (Fsp3) is 0.556. The molecule has 0 amide bonds. The first-order valence-corrected chi connectivity index (χ1v) is 9.46. The lowest BCUT2D eigenvalue weighted by Gasteiger charge is -2.34. The largest absolute Gasteiger partial charge is 0.392 e. The molecule has 3 rings (SSSR count). The van der Waals surface area contributed by atoms with Crippen molar-refractivity contribution >= 4 is 17.1 Å². The highest BCUT2D eigenvalue weighted by atomic mass is 16.6. The van der Waals surface area contributed by atoms with Gasteiger partial charge in [-0.05, 0) is 39.2 Å². The van der Waals surface area contributed by atoms with Gasteiger partial charge in [0.1, 0.15) is 12.2 Å². The zero-order valence-corrected chi connectivity index (χ0v) is 16.6. The zero-order valence-electron chi connectivity index (χ0n) is 16.6. The minimum absolute atomic E-state index is 0.00462. The van der Waals surface area contributed by atoms with Crippen molar-refractivity contribution in [3.05, 3.63) is 49.6 Å². The summed E-state index contributed by atoms with van der Waals surface area (Å²) in [4.78, 5) is 24.0. The molecule has 11 nitrogen and oxygen atoms in total. The standard InChI is InChI=1S/C18H24N6O5/c1-11(2)22-10-19-20-18(22)13-5-4-6-21(8-13)17-15(23(26)27)7-14(9-25)12(3)16(17)24(28)29/h7,10-11,13,25H,4-6,8-9H2,1-3H3. The summed E-state index contributed by atoms with van der Waals surface area (Å²) in [7, 11) is 0. The lowest BCUT2D eigenvalue weighted by atomic mass is 9.94.